The van der Waals surface area contributed by atoms with Gasteiger partial charge in [-0.25, -0.2) is 4.68 Å². The molecule has 0 spiro atoms. The highest BCUT2D eigenvalue weighted by molar-refractivity contribution is 6.00. The second-order valence-corrected chi connectivity index (χ2v) is 7.99. The van der Waals surface area contributed by atoms with E-state index in [9.17, 15) is 9.59 Å². The van der Waals surface area contributed by atoms with Crippen molar-refractivity contribution in [2.75, 3.05) is 5.32 Å². The Morgan fingerprint density at radius 2 is 1.83 bits per heavy atom. The largest absolute Gasteiger partial charge is 0.459 e. The van der Waals surface area contributed by atoms with E-state index in [2.05, 4.69) is 10.4 Å². The molecule has 154 valence electrons. The molecule has 1 atom stereocenters. The lowest BCUT2D eigenvalue weighted by Gasteiger charge is -2.35. The smallest absolute Gasteiger partial charge is 0.290 e. The van der Waals surface area contributed by atoms with Crippen molar-refractivity contribution in [3.8, 4) is 0 Å². The zero-order valence-electron chi connectivity index (χ0n) is 16.7. The highest BCUT2D eigenvalue weighted by atomic mass is 16.3. The minimum Gasteiger partial charge on any atom is -0.459 e. The summed E-state index contributed by atoms with van der Waals surface area (Å²) in [5.74, 6) is 0.447. The Balaban J connectivity index is 1.42. The lowest BCUT2D eigenvalue weighted by Crippen LogP contribution is -2.50. The molecule has 2 amide bonds. The number of fused-ring (bicyclic) bond motifs is 1. The SMILES string of the molecule is O=C(Nc1ccnn1C1CCCC1)[C@H]1Cc2ccccc2CN1C(=O)c1ccco1. The highest BCUT2D eigenvalue weighted by Crippen LogP contribution is 2.32. The van der Waals surface area contributed by atoms with Crippen LogP contribution in [0.5, 0.6) is 0 Å². The molecule has 0 unspecified atom stereocenters. The quantitative estimate of drug-likeness (QED) is 0.717. The van der Waals surface area contributed by atoms with Gasteiger partial charge in [-0.15, -0.1) is 0 Å². The summed E-state index contributed by atoms with van der Waals surface area (Å²) >= 11 is 0. The number of nitrogens with zero attached hydrogens (tertiary/aromatic N) is 3. The molecular weight excluding hydrogens is 380 g/mol. The van der Waals surface area contributed by atoms with Gasteiger partial charge in [0.05, 0.1) is 18.5 Å². The van der Waals surface area contributed by atoms with Crippen LogP contribution in [0.2, 0.25) is 0 Å². The van der Waals surface area contributed by atoms with E-state index >= 15 is 0 Å². The van der Waals surface area contributed by atoms with E-state index in [1.54, 1.807) is 23.2 Å². The Labute approximate surface area is 174 Å². The van der Waals surface area contributed by atoms with Crippen LogP contribution >= 0.6 is 0 Å². The molecule has 1 aliphatic heterocycles. The molecule has 1 N–H and O–H groups in total. The molecule has 1 aromatic carbocycles. The van der Waals surface area contributed by atoms with Crippen LogP contribution in [-0.2, 0) is 17.8 Å². The van der Waals surface area contributed by atoms with Crippen molar-refractivity contribution in [2.24, 2.45) is 0 Å². The number of benzene rings is 1. The zero-order valence-corrected chi connectivity index (χ0v) is 16.7. The van der Waals surface area contributed by atoms with Crippen molar-refractivity contribution in [3.05, 3.63) is 71.8 Å². The first-order valence-electron chi connectivity index (χ1n) is 10.5. The number of anilines is 1. The van der Waals surface area contributed by atoms with Crippen molar-refractivity contribution in [3.63, 3.8) is 0 Å². The lowest BCUT2D eigenvalue weighted by atomic mass is 9.93. The maximum Gasteiger partial charge on any atom is 0.290 e. The van der Waals surface area contributed by atoms with Crippen LogP contribution in [-0.4, -0.2) is 32.5 Å². The third-order valence-electron chi connectivity index (χ3n) is 6.14. The number of furan rings is 1. The number of carbonyl (C=O) groups is 2. The predicted octanol–water partition coefficient (Wildman–Crippen LogP) is 3.80. The van der Waals surface area contributed by atoms with Gasteiger partial charge in [0, 0.05) is 19.0 Å². The van der Waals surface area contributed by atoms with E-state index < -0.39 is 6.04 Å². The Kier molecular flexibility index (Phi) is 4.86. The summed E-state index contributed by atoms with van der Waals surface area (Å²) < 4.78 is 7.24. The fourth-order valence-electron chi connectivity index (χ4n) is 4.58. The van der Waals surface area contributed by atoms with Crippen molar-refractivity contribution < 1.29 is 14.0 Å². The Morgan fingerprint density at radius 3 is 2.60 bits per heavy atom. The van der Waals surface area contributed by atoms with E-state index in [-0.39, 0.29) is 17.6 Å². The second kappa shape index (κ2) is 7.82. The number of hydrogen-bond donors (Lipinski definition) is 1. The van der Waals surface area contributed by atoms with Crippen LogP contribution in [0.1, 0.15) is 53.4 Å². The lowest BCUT2D eigenvalue weighted by molar-refractivity contribution is -0.121. The first-order chi connectivity index (χ1) is 14.7. The zero-order chi connectivity index (χ0) is 20.5. The number of rotatable bonds is 4. The molecule has 7 heteroatoms. The van der Waals surface area contributed by atoms with Crippen molar-refractivity contribution in [2.45, 2.75) is 50.7 Å². The fourth-order valence-corrected chi connectivity index (χ4v) is 4.58. The van der Waals surface area contributed by atoms with Gasteiger partial charge in [0.25, 0.3) is 5.91 Å². The van der Waals surface area contributed by atoms with Crippen LogP contribution < -0.4 is 5.32 Å². The van der Waals surface area contributed by atoms with Gasteiger partial charge in [-0.3, -0.25) is 9.59 Å². The van der Waals surface area contributed by atoms with E-state index in [0.29, 0.717) is 24.8 Å². The first kappa shape index (κ1) is 18.7. The van der Waals surface area contributed by atoms with E-state index in [1.807, 2.05) is 35.0 Å². The summed E-state index contributed by atoms with van der Waals surface area (Å²) in [4.78, 5) is 28.1. The average molecular weight is 404 g/mol. The van der Waals surface area contributed by atoms with Gasteiger partial charge in [-0.1, -0.05) is 37.1 Å². The second-order valence-electron chi connectivity index (χ2n) is 7.99. The normalized spacial score (nSPS) is 18.9. The van der Waals surface area contributed by atoms with Crippen molar-refractivity contribution in [1.82, 2.24) is 14.7 Å². The van der Waals surface area contributed by atoms with E-state index in [4.69, 9.17) is 4.42 Å². The number of hydrogen-bond acceptors (Lipinski definition) is 4. The number of aromatic nitrogens is 2. The molecule has 2 aromatic heterocycles. The van der Waals surface area contributed by atoms with Crippen LogP contribution in [0.3, 0.4) is 0 Å². The molecule has 3 aromatic rings. The summed E-state index contributed by atoms with van der Waals surface area (Å²) in [6.07, 6.45) is 8.17. The van der Waals surface area contributed by atoms with E-state index in [0.717, 1.165) is 24.0 Å². The summed E-state index contributed by atoms with van der Waals surface area (Å²) in [6.45, 7) is 0.371. The maximum absolute atomic E-state index is 13.4. The third kappa shape index (κ3) is 3.40. The summed E-state index contributed by atoms with van der Waals surface area (Å²) in [5.41, 5.74) is 2.14. The number of amides is 2. The molecule has 30 heavy (non-hydrogen) atoms. The molecule has 0 radical (unpaired) electrons. The van der Waals surface area contributed by atoms with Gasteiger partial charge in [0.2, 0.25) is 5.91 Å². The van der Waals surface area contributed by atoms with Gasteiger partial charge in [0.1, 0.15) is 11.9 Å². The van der Waals surface area contributed by atoms with Crippen LogP contribution in [0.4, 0.5) is 5.82 Å². The minimum atomic E-state index is -0.621. The molecular formula is C23H24N4O3. The van der Waals surface area contributed by atoms with Gasteiger partial charge in [-0.2, -0.15) is 5.10 Å². The summed E-state index contributed by atoms with van der Waals surface area (Å²) in [6, 6.07) is 12.8. The first-order valence-corrected chi connectivity index (χ1v) is 10.5. The molecule has 1 aliphatic carbocycles. The molecule has 1 saturated carbocycles. The Bertz CT molecular complexity index is 1050. The molecule has 7 nitrogen and oxygen atoms in total. The molecule has 1 fully saturated rings. The standard InChI is InChI=1S/C23H24N4O3/c28-22(25-21-11-12-24-27(21)18-8-3-4-9-18)19-14-16-6-1-2-7-17(16)15-26(19)23(29)20-10-5-13-30-20/h1-2,5-7,10-13,18-19H,3-4,8-9,14-15H2,(H,25,28)/t19-/m1/s1. The van der Waals surface area contributed by atoms with Crippen molar-refractivity contribution >= 4 is 17.6 Å². The highest BCUT2D eigenvalue weighted by Gasteiger charge is 2.36. The monoisotopic (exact) mass is 404 g/mol. The van der Waals surface area contributed by atoms with Gasteiger partial charge in [0.15, 0.2) is 5.76 Å². The average Bonchev–Trinajstić information content (AvgIpc) is 3.54. The van der Waals surface area contributed by atoms with Gasteiger partial charge < -0.3 is 14.6 Å². The number of carbonyl (C=O) groups excluding carboxylic acids is 2. The molecule has 0 saturated heterocycles. The minimum absolute atomic E-state index is 0.204. The summed E-state index contributed by atoms with van der Waals surface area (Å²) in [7, 11) is 0. The maximum atomic E-state index is 13.4. The van der Waals surface area contributed by atoms with Gasteiger partial charge in [-0.05, 0) is 36.1 Å². The van der Waals surface area contributed by atoms with Crippen LogP contribution in [0.25, 0.3) is 0 Å². The van der Waals surface area contributed by atoms with Gasteiger partial charge >= 0.3 is 0 Å². The van der Waals surface area contributed by atoms with Crippen LogP contribution in [0.15, 0.2) is 59.3 Å². The fraction of sp³-hybridized carbons (Fsp3) is 0.348. The third-order valence-corrected chi connectivity index (χ3v) is 6.14. The topological polar surface area (TPSA) is 80.4 Å². The Hall–Kier alpha value is -3.35. The molecule has 3 heterocycles. The summed E-state index contributed by atoms with van der Waals surface area (Å²) in [5, 5.41) is 7.47. The van der Waals surface area contributed by atoms with Crippen LogP contribution in [0, 0.1) is 0 Å². The molecule has 5 rings (SSSR count). The number of nitrogens with one attached hydrogen (secondary N) is 1. The molecule has 2 aliphatic rings. The van der Waals surface area contributed by atoms with Crippen molar-refractivity contribution in [1.29, 1.82) is 0 Å². The Morgan fingerprint density at radius 1 is 1.03 bits per heavy atom. The van der Waals surface area contributed by atoms with E-state index in [1.165, 1.54) is 19.1 Å². The molecule has 0 bridgehead atoms. The predicted molar refractivity (Wildman–Crippen MR) is 111 cm³/mol.